The molecule has 0 radical (unpaired) electrons. The lowest BCUT2D eigenvalue weighted by atomic mass is 10.2. The van der Waals surface area contributed by atoms with Crippen molar-refractivity contribution in [1.82, 2.24) is 4.90 Å². The van der Waals surface area contributed by atoms with E-state index in [-0.39, 0.29) is 4.91 Å². The molecule has 1 aromatic rings. The fourth-order valence-corrected chi connectivity index (χ4v) is 2.31. The van der Waals surface area contributed by atoms with Crippen molar-refractivity contribution in [1.29, 1.82) is 0 Å². The van der Waals surface area contributed by atoms with Crippen LogP contribution in [0.5, 0.6) is 0 Å². The summed E-state index contributed by atoms with van der Waals surface area (Å²) in [6.45, 7) is -0.772. The molecule has 5 nitrogen and oxygen atoms in total. The summed E-state index contributed by atoms with van der Waals surface area (Å²) in [6.07, 6.45) is 1.40. The number of rotatable bonds is 3. The predicted octanol–water partition coefficient (Wildman–Crippen LogP) is 0.612. The Labute approximate surface area is 111 Å². The highest BCUT2D eigenvalue weighted by molar-refractivity contribution is 8.18. The SMILES string of the molecule is O=C([O-])CN1C(=O)SC(=Cc2ccc(F)cc2)C1=O. The van der Waals surface area contributed by atoms with Crippen molar-refractivity contribution in [2.45, 2.75) is 0 Å². The van der Waals surface area contributed by atoms with Crippen LogP contribution in [0, 0.1) is 5.82 Å². The summed E-state index contributed by atoms with van der Waals surface area (Å²) < 4.78 is 12.7. The van der Waals surface area contributed by atoms with Crippen molar-refractivity contribution in [2.75, 3.05) is 6.54 Å². The minimum absolute atomic E-state index is 0.0952. The van der Waals surface area contributed by atoms with Gasteiger partial charge in [0.2, 0.25) is 0 Å². The number of amides is 2. The molecule has 1 aliphatic heterocycles. The van der Waals surface area contributed by atoms with E-state index in [1.807, 2.05) is 0 Å². The van der Waals surface area contributed by atoms with Crippen molar-refractivity contribution in [3.8, 4) is 0 Å². The third kappa shape index (κ3) is 3.00. The maximum absolute atomic E-state index is 12.7. The topological polar surface area (TPSA) is 77.5 Å². The van der Waals surface area contributed by atoms with Gasteiger partial charge in [-0.2, -0.15) is 0 Å². The maximum atomic E-state index is 12.7. The zero-order chi connectivity index (χ0) is 14.0. The summed E-state index contributed by atoms with van der Waals surface area (Å²) in [5, 5.41) is 9.76. The van der Waals surface area contributed by atoms with E-state index in [0.717, 1.165) is 0 Å². The van der Waals surface area contributed by atoms with Crippen molar-refractivity contribution >= 4 is 35.0 Å². The van der Waals surface area contributed by atoms with E-state index in [1.165, 1.54) is 30.3 Å². The van der Waals surface area contributed by atoms with Crippen LogP contribution >= 0.6 is 11.8 Å². The van der Waals surface area contributed by atoms with Gasteiger partial charge in [0.25, 0.3) is 11.1 Å². The van der Waals surface area contributed by atoms with E-state index in [1.54, 1.807) is 0 Å². The van der Waals surface area contributed by atoms with Gasteiger partial charge < -0.3 is 9.90 Å². The number of hydrogen-bond donors (Lipinski definition) is 0. The highest BCUT2D eigenvalue weighted by Gasteiger charge is 2.34. The van der Waals surface area contributed by atoms with Crippen LogP contribution in [0.1, 0.15) is 5.56 Å². The first-order valence-corrected chi connectivity index (χ1v) is 6.00. The summed E-state index contributed by atoms with van der Waals surface area (Å²) in [4.78, 5) is 34.3. The molecule has 1 heterocycles. The molecule has 7 heteroatoms. The molecule has 98 valence electrons. The maximum Gasteiger partial charge on any atom is 0.293 e. The molecule has 0 saturated carbocycles. The Morgan fingerprint density at radius 2 is 1.95 bits per heavy atom. The molecule has 1 saturated heterocycles. The number of aliphatic carboxylic acids is 1. The lowest BCUT2D eigenvalue weighted by Crippen LogP contribution is -2.40. The first-order valence-electron chi connectivity index (χ1n) is 5.18. The van der Waals surface area contributed by atoms with Crippen LogP contribution in [0.3, 0.4) is 0 Å². The first-order chi connectivity index (χ1) is 8.97. The van der Waals surface area contributed by atoms with Gasteiger partial charge in [0.1, 0.15) is 5.82 Å². The normalized spacial score (nSPS) is 17.3. The van der Waals surface area contributed by atoms with Crippen LogP contribution in [-0.2, 0) is 9.59 Å². The number of carbonyl (C=O) groups excluding carboxylic acids is 3. The monoisotopic (exact) mass is 280 g/mol. The van der Waals surface area contributed by atoms with Crippen molar-refractivity contribution < 1.29 is 23.9 Å². The average Bonchev–Trinajstić information content (AvgIpc) is 2.60. The Kier molecular flexibility index (Phi) is 3.66. The van der Waals surface area contributed by atoms with Crippen LogP contribution in [0.2, 0.25) is 0 Å². The minimum atomic E-state index is -1.51. The quantitative estimate of drug-likeness (QED) is 0.758. The van der Waals surface area contributed by atoms with Crippen molar-refractivity contribution in [2.24, 2.45) is 0 Å². The van der Waals surface area contributed by atoms with Crippen LogP contribution in [0.4, 0.5) is 9.18 Å². The Bertz CT molecular complexity index is 582. The zero-order valence-electron chi connectivity index (χ0n) is 9.46. The molecule has 1 aromatic carbocycles. The molecule has 0 atom stereocenters. The van der Waals surface area contributed by atoms with Gasteiger partial charge in [-0.1, -0.05) is 12.1 Å². The summed E-state index contributed by atoms with van der Waals surface area (Å²) in [5.74, 6) is -2.61. The summed E-state index contributed by atoms with van der Waals surface area (Å²) >= 11 is 0.636. The molecular formula is C12H7FNO4S-. The van der Waals surface area contributed by atoms with Gasteiger partial charge in [0.05, 0.1) is 17.4 Å². The summed E-state index contributed by atoms with van der Waals surface area (Å²) in [7, 11) is 0. The van der Waals surface area contributed by atoms with E-state index >= 15 is 0 Å². The van der Waals surface area contributed by atoms with Gasteiger partial charge in [-0.25, -0.2) is 4.39 Å². The Morgan fingerprint density at radius 3 is 2.53 bits per heavy atom. The number of carboxylic acids is 1. The van der Waals surface area contributed by atoms with Gasteiger partial charge >= 0.3 is 0 Å². The van der Waals surface area contributed by atoms with Crippen molar-refractivity contribution in [3.05, 3.63) is 40.6 Å². The van der Waals surface area contributed by atoms with E-state index in [9.17, 15) is 23.9 Å². The van der Waals surface area contributed by atoms with Crippen LogP contribution in [0.25, 0.3) is 6.08 Å². The van der Waals surface area contributed by atoms with Crippen LogP contribution < -0.4 is 5.11 Å². The molecule has 0 aliphatic carbocycles. The zero-order valence-corrected chi connectivity index (χ0v) is 10.3. The molecule has 0 N–H and O–H groups in total. The number of halogens is 1. The van der Waals surface area contributed by atoms with Gasteiger partial charge in [-0.15, -0.1) is 0 Å². The number of carboxylic acid groups (broad SMARTS) is 1. The molecule has 0 spiro atoms. The fourth-order valence-electron chi connectivity index (χ4n) is 1.48. The largest absolute Gasteiger partial charge is 0.548 e. The van der Waals surface area contributed by atoms with Crippen LogP contribution in [0.15, 0.2) is 29.2 Å². The lowest BCUT2D eigenvalue weighted by Gasteiger charge is -2.12. The third-order valence-electron chi connectivity index (χ3n) is 2.33. The standard InChI is InChI=1S/C12H8FNO4S/c13-8-3-1-7(2-4-8)5-9-11(17)14(6-10(15)16)12(18)19-9/h1-5H,6H2,(H,15,16)/p-1. The second-order valence-corrected chi connectivity index (χ2v) is 4.68. The highest BCUT2D eigenvalue weighted by atomic mass is 32.2. The molecule has 2 rings (SSSR count). The number of thioether (sulfide) groups is 1. The van der Waals surface area contributed by atoms with E-state index in [0.29, 0.717) is 22.2 Å². The molecule has 1 aliphatic rings. The minimum Gasteiger partial charge on any atom is -0.548 e. The Hall–Kier alpha value is -2.15. The predicted molar refractivity (Wildman–Crippen MR) is 64.1 cm³/mol. The molecule has 0 unspecified atom stereocenters. The van der Waals surface area contributed by atoms with Crippen molar-refractivity contribution in [3.63, 3.8) is 0 Å². The number of hydrogen-bond acceptors (Lipinski definition) is 5. The summed E-state index contributed by atoms with van der Waals surface area (Å²) in [5.41, 5.74) is 0.542. The second kappa shape index (κ2) is 5.23. The van der Waals surface area contributed by atoms with Gasteiger partial charge in [-0.3, -0.25) is 14.5 Å². The lowest BCUT2D eigenvalue weighted by molar-refractivity contribution is -0.305. The molecular weight excluding hydrogens is 273 g/mol. The summed E-state index contributed by atoms with van der Waals surface area (Å²) in [6, 6.07) is 5.33. The van der Waals surface area contributed by atoms with E-state index in [4.69, 9.17) is 0 Å². The average molecular weight is 280 g/mol. The Morgan fingerprint density at radius 1 is 1.32 bits per heavy atom. The van der Waals surface area contributed by atoms with Crippen LogP contribution in [-0.4, -0.2) is 28.6 Å². The Balaban J connectivity index is 2.23. The fraction of sp³-hybridized carbons (Fsp3) is 0.0833. The number of benzene rings is 1. The molecule has 0 aromatic heterocycles. The number of carbonyl (C=O) groups is 3. The van der Waals surface area contributed by atoms with Gasteiger partial charge in [0.15, 0.2) is 0 Å². The number of nitrogens with zero attached hydrogens (tertiary/aromatic N) is 1. The third-order valence-corrected chi connectivity index (χ3v) is 3.24. The molecule has 0 bridgehead atoms. The second-order valence-electron chi connectivity index (χ2n) is 3.69. The van der Waals surface area contributed by atoms with E-state index in [2.05, 4.69) is 0 Å². The smallest absolute Gasteiger partial charge is 0.293 e. The number of imide groups is 1. The molecule has 2 amide bonds. The highest BCUT2D eigenvalue weighted by Crippen LogP contribution is 2.31. The van der Waals surface area contributed by atoms with Gasteiger partial charge in [0, 0.05) is 0 Å². The molecule has 19 heavy (non-hydrogen) atoms. The molecule has 1 fully saturated rings. The first kappa shape index (κ1) is 13.3. The van der Waals surface area contributed by atoms with Gasteiger partial charge in [-0.05, 0) is 35.5 Å². The van der Waals surface area contributed by atoms with E-state index < -0.39 is 29.5 Å².